The molecule has 2 heterocycles. The van der Waals surface area contributed by atoms with Crippen molar-refractivity contribution in [2.24, 2.45) is 0 Å². The van der Waals surface area contributed by atoms with Gasteiger partial charge >= 0.3 is 5.69 Å². The van der Waals surface area contributed by atoms with E-state index in [1.165, 1.54) is 6.33 Å². The highest BCUT2D eigenvalue weighted by Crippen LogP contribution is 2.26. The van der Waals surface area contributed by atoms with Crippen LogP contribution in [0, 0.1) is 10.1 Å². The Hall–Kier alpha value is -1.96. The highest BCUT2D eigenvalue weighted by Gasteiger charge is 2.22. The first kappa shape index (κ1) is 11.5. The minimum atomic E-state index is -0.590. The molecule has 0 bridgehead atoms. The van der Waals surface area contributed by atoms with Crippen LogP contribution in [0.2, 0.25) is 0 Å². The number of rotatable bonds is 4. The van der Waals surface area contributed by atoms with Gasteiger partial charge in [-0.15, -0.1) is 0 Å². The van der Waals surface area contributed by atoms with Crippen molar-refractivity contribution in [2.45, 2.75) is 18.9 Å². The molecule has 0 radical (unpaired) electrons. The van der Waals surface area contributed by atoms with Crippen LogP contribution in [0.5, 0.6) is 0 Å². The van der Waals surface area contributed by atoms with Gasteiger partial charge in [-0.1, -0.05) is 0 Å². The second-order valence-corrected chi connectivity index (χ2v) is 3.73. The second kappa shape index (κ2) is 4.91. The van der Waals surface area contributed by atoms with Crippen LogP contribution in [-0.2, 0) is 4.74 Å². The number of hydrogen-bond acceptors (Lipinski definition) is 7. The van der Waals surface area contributed by atoms with Gasteiger partial charge in [0.25, 0.3) is 0 Å². The Morgan fingerprint density at radius 3 is 3.12 bits per heavy atom. The molecule has 0 aromatic carbocycles. The van der Waals surface area contributed by atoms with Crippen molar-refractivity contribution >= 4 is 17.3 Å². The van der Waals surface area contributed by atoms with Crippen molar-refractivity contribution in [1.82, 2.24) is 9.97 Å². The Morgan fingerprint density at radius 1 is 1.65 bits per heavy atom. The van der Waals surface area contributed by atoms with Gasteiger partial charge in [0, 0.05) is 13.2 Å². The van der Waals surface area contributed by atoms with E-state index in [1.54, 1.807) is 0 Å². The smallest absolute Gasteiger partial charge is 0.352 e. The number of ether oxygens (including phenoxy) is 1. The summed E-state index contributed by atoms with van der Waals surface area (Å²) in [6.07, 6.45) is 3.23. The standard InChI is InChI=1S/C9H13N5O3/c10-8-7(14(15)16)9(13-5-12-8)11-4-6-2-1-3-17-6/h5-6H,1-4H2,(H3,10,11,12,13)/t6-/m0/s1. The van der Waals surface area contributed by atoms with Crippen molar-refractivity contribution < 1.29 is 9.66 Å². The normalized spacial score (nSPS) is 19.2. The third kappa shape index (κ3) is 2.59. The summed E-state index contributed by atoms with van der Waals surface area (Å²) in [5.74, 6) is -0.00200. The number of nitrogens with zero attached hydrogens (tertiary/aromatic N) is 3. The van der Waals surface area contributed by atoms with Crippen molar-refractivity contribution in [1.29, 1.82) is 0 Å². The van der Waals surface area contributed by atoms with Gasteiger partial charge in [0.1, 0.15) is 6.33 Å². The Labute approximate surface area is 97.3 Å². The topological polar surface area (TPSA) is 116 Å². The minimum Gasteiger partial charge on any atom is -0.378 e. The summed E-state index contributed by atoms with van der Waals surface area (Å²) >= 11 is 0. The largest absolute Gasteiger partial charge is 0.378 e. The van der Waals surface area contributed by atoms with Crippen LogP contribution in [0.4, 0.5) is 17.3 Å². The van der Waals surface area contributed by atoms with Crippen molar-refractivity contribution in [2.75, 3.05) is 24.2 Å². The number of hydrogen-bond donors (Lipinski definition) is 2. The molecule has 3 N–H and O–H groups in total. The quantitative estimate of drug-likeness (QED) is 0.582. The third-order valence-electron chi connectivity index (χ3n) is 2.55. The van der Waals surface area contributed by atoms with E-state index in [1.807, 2.05) is 0 Å². The zero-order valence-electron chi connectivity index (χ0n) is 9.13. The van der Waals surface area contributed by atoms with Crippen molar-refractivity contribution in [3.63, 3.8) is 0 Å². The van der Waals surface area contributed by atoms with E-state index in [9.17, 15) is 10.1 Å². The molecule has 8 heteroatoms. The Kier molecular flexibility index (Phi) is 3.33. The number of nitrogens with two attached hydrogens (primary N) is 1. The van der Waals surface area contributed by atoms with Crippen LogP contribution in [0.3, 0.4) is 0 Å². The summed E-state index contributed by atoms with van der Waals surface area (Å²) in [6.45, 7) is 1.22. The Balaban J connectivity index is 2.09. The summed E-state index contributed by atoms with van der Waals surface area (Å²) in [5, 5.41) is 13.7. The number of nitrogens with one attached hydrogen (secondary N) is 1. The molecule has 1 fully saturated rings. The zero-order valence-corrected chi connectivity index (χ0v) is 9.13. The lowest BCUT2D eigenvalue weighted by molar-refractivity contribution is -0.383. The van der Waals surface area contributed by atoms with Gasteiger partial charge in [-0.05, 0) is 12.8 Å². The Morgan fingerprint density at radius 2 is 2.47 bits per heavy atom. The van der Waals surface area contributed by atoms with E-state index in [-0.39, 0.29) is 23.4 Å². The predicted molar refractivity (Wildman–Crippen MR) is 60.6 cm³/mol. The van der Waals surface area contributed by atoms with Crippen LogP contribution >= 0.6 is 0 Å². The van der Waals surface area contributed by atoms with E-state index < -0.39 is 4.92 Å². The maximum atomic E-state index is 10.8. The van der Waals surface area contributed by atoms with Crippen LogP contribution in [0.25, 0.3) is 0 Å². The minimum absolute atomic E-state index is 0.0748. The fourth-order valence-corrected chi connectivity index (χ4v) is 1.72. The molecule has 0 amide bonds. The van der Waals surface area contributed by atoms with E-state index in [4.69, 9.17) is 10.5 Å². The molecule has 0 saturated carbocycles. The highest BCUT2D eigenvalue weighted by atomic mass is 16.6. The van der Waals surface area contributed by atoms with Gasteiger partial charge in [-0.25, -0.2) is 9.97 Å². The summed E-state index contributed by atoms with van der Waals surface area (Å²) < 4.78 is 5.40. The first-order chi connectivity index (χ1) is 8.18. The number of nitro groups is 1. The monoisotopic (exact) mass is 239 g/mol. The van der Waals surface area contributed by atoms with Crippen LogP contribution in [-0.4, -0.2) is 34.1 Å². The third-order valence-corrected chi connectivity index (χ3v) is 2.55. The van der Waals surface area contributed by atoms with Gasteiger partial charge < -0.3 is 15.8 Å². The molecule has 2 rings (SSSR count). The summed E-state index contributed by atoms with van der Waals surface area (Å²) in [5.41, 5.74) is 5.16. The molecule has 1 aliphatic rings. The molecule has 92 valence electrons. The average molecular weight is 239 g/mol. The SMILES string of the molecule is Nc1ncnc(NC[C@@H]2CCCO2)c1[N+](=O)[O-]. The fourth-order valence-electron chi connectivity index (χ4n) is 1.72. The summed E-state index contributed by atoms with van der Waals surface area (Å²) in [6, 6.07) is 0. The van der Waals surface area contributed by atoms with E-state index >= 15 is 0 Å². The molecule has 0 spiro atoms. The average Bonchev–Trinajstić information content (AvgIpc) is 2.78. The predicted octanol–water partition coefficient (Wildman–Crippen LogP) is 0.558. The van der Waals surface area contributed by atoms with Gasteiger partial charge in [-0.2, -0.15) is 0 Å². The van der Waals surface area contributed by atoms with Crippen LogP contribution in [0.15, 0.2) is 6.33 Å². The molecule has 0 unspecified atom stereocenters. The molecule has 17 heavy (non-hydrogen) atoms. The molecular formula is C9H13N5O3. The van der Waals surface area contributed by atoms with E-state index in [0.29, 0.717) is 6.54 Å². The number of anilines is 2. The fraction of sp³-hybridized carbons (Fsp3) is 0.556. The molecule has 1 aliphatic heterocycles. The van der Waals surface area contributed by atoms with Crippen LogP contribution in [0.1, 0.15) is 12.8 Å². The lowest BCUT2D eigenvalue weighted by Gasteiger charge is -2.11. The lowest BCUT2D eigenvalue weighted by atomic mass is 10.2. The highest BCUT2D eigenvalue weighted by molar-refractivity contribution is 5.67. The molecule has 8 nitrogen and oxygen atoms in total. The zero-order chi connectivity index (χ0) is 12.3. The molecule has 1 aromatic rings. The number of aromatic nitrogens is 2. The summed E-state index contributed by atoms with van der Waals surface area (Å²) in [7, 11) is 0. The van der Waals surface area contributed by atoms with Crippen LogP contribution < -0.4 is 11.1 Å². The maximum absolute atomic E-state index is 10.8. The molecule has 1 atom stereocenters. The van der Waals surface area contributed by atoms with Crippen molar-refractivity contribution in [3.8, 4) is 0 Å². The van der Waals surface area contributed by atoms with Gasteiger partial charge in [0.2, 0.25) is 11.6 Å². The molecular weight excluding hydrogens is 226 g/mol. The summed E-state index contributed by atoms with van der Waals surface area (Å²) in [4.78, 5) is 17.6. The first-order valence-electron chi connectivity index (χ1n) is 5.29. The number of nitrogen functional groups attached to an aromatic ring is 1. The first-order valence-corrected chi connectivity index (χ1v) is 5.29. The second-order valence-electron chi connectivity index (χ2n) is 3.73. The lowest BCUT2D eigenvalue weighted by Crippen LogP contribution is -2.20. The Bertz CT molecular complexity index is 419. The van der Waals surface area contributed by atoms with Gasteiger partial charge in [0.05, 0.1) is 11.0 Å². The maximum Gasteiger partial charge on any atom is 0.352 e. The van der Waals surface area contributed by atoms with E-state index in [0.717, 1.165) is 19.4 Å². The van der Waals surface area contributed by atoms with E-state index in [2.05, 4.69) is 15.3 Å². The molecule has 0 aliphatic carbocycles. The van der Waals surface area contributed by atoms with Crippen molar-refractivity contribution in [3.05, 3.63) is 16.4 Å². The molecule has 1 saturated heterocycles. The molecule has 1 aromatic heterocycles. The van der Waals surface area contributed by atoms with Gasteiger partial charge in [-0.3, -0.25) is 10.1 Å². The van der Waals surface area contributed by atoms with Gasteiger partial charge in [0.15, 0.2) is 0 Å².